The van der Waals surface area contributed by atoms with Crippen molar-refractivity contribution in [3.8, 4) is 5.75 Å². The number of para-hydroxylation sites is 3. The number of hydrogen-bond donors (Lipinski definition) is 1. The smallest absolute Gasteiger partial charge is 0.267 e. The monoisotopic (exact) mass is 422 g/mol. The van der Waals surface area contributed by atoms with E-state index in [-0.39, 0.29) is 11.4 Å². The number of nitrogens with one attached hydrogen (secondary N) is 1. The summed E-state index contributed by atoms with van der Waals surface area (Å²) in [4.78, 5) is 13.2. The fourth-order valence-electron chi connectivity index (χ4n) is 3.45. The lowest BCUT2D eigenvalue weighted by molar-refractivity contribution is -0.122. The van der Waals surface area contributed by atoms with Crippen LogP contribution in [-0.2, 0) is 21.2 Å². The number of amides is 1. The summed E-state index contributed by atoms with van der Waals surface area (Å²) >= 11 is 0. The molecule has 0 aromatic heterocycles. The first-order chi connectivity index (χ1) is 14.5. The standard InChI is InChI=1S/C23H22N2O4S/c1-2-17-10-6-7-13-19(17)24-23(26)22-16-25(20-14-8-9-15-21(20)29-22)30(27,28)18-11-4-3-5-12-18/h3-15,22H,2,16H2,1H3,(H,24,26)/t22-/m1/s1. The average molecular weight is 423 g/mol. The molecule has 0 saturated heterocycles. The van der Waals surface area contributed by atoms with E-state index in [1.165, 1.54) is 4.31 Å². The second-order valence-corrected chi connectivity index (χ2v) is 8.79. The molecule has 4 rings (SSSR count). The number of ether oxygens (including phenoxy) is 1. The van der Waals surface area contributed by atoms with Gasteiger partial charge in [0.25, 0.3) is 15.9 Å². The molecule has 1 atom stereocenters. The van der Waals surface area contributed by atoms with Crippen molar-refractivity contribution in [2.45, 2.75) is 24.3 Å². The number of sulfonamides is 1. The van der Waals surface area contributed by atoms with E-state index in [9.17, 15) is 13.2 Å². The molecule has 0 fully saturated rings. The van der Waals surface area contributed by atoms with Crippen molar-refractivity contribution in [3.63, 3.8) is 0 Å². The Balaban J connectivity index is 1.67. The van der Waals surface area contributed by atoms with Gasteiger partial charge >= 0.3 is 0 Å². The fourth-order valence-corrected chi connectivity index (χ4v) is 4.95. The molecule has 0 spiro atoms. The second-order valence-electron chi connectivity index (χ2n) is 6.92. The Kier molecular flexibility index (Phi) is 5.46. The van der Waals surface area contributed by atoms with E-state index >= 15 is 0 Å². The number of benzene rings is 3. The van der Waals surface area contributed by atoms with Gasteiger partial charge < -0.3 is 10.1 Å². The highest BCUT2D eigenvalue weighted by Crippen LogP contribution is 2.37. The van der Waals surface area contributed by atoms with Crippen molar-refractivity contribution in [2.75, 3.05) is 16.2 Å². The van der Waals surface area contributed by atoms with E-state index in [0.717, 1.165) is 12.0 Å². The Morgan fingerprint density at radius 1 is 1.00 bits per heavy atom. The molecule has 6 nitrogen and oxygen atoms in total. The zero-order valence-corrected chi connectivity index (χ0v) is 17.3. The number of fused-ring (bicyclic) bond motifs is 1. The minimum Gasteiger partial charge on any atom is -0.476 e. The minimum absolute atomic E-state index is 0.117. The summed E-state index contributed by atoms with van der Waals surface area (Å²) in [6.07, 6.45) is -0.220. The van der Waals surface area contributed by atoms with E-state index < -0.39 is 22.0 Å². The van der Waals surface area contributed by atoms with E-state index in [2.05, 4.69) is 5.32 Å². The third kappa shape index (κ3) is 3.76. The van der Waals surface area contributed by atoms with E-state index in [1.807, 2.05) is 31.2 Å². The molecule has 3 aromatic rings. The first kappa shape index (κ1) is 20.0. The van der Waals surface area contributed by atoms with E-state index in [0.29, 0.717) is 17.1 Å². The number of aryl methyl sites for hydroxylation is 1. The van der Waals surface area contributed by atoms with Crippen LogP contribution in [0.5, 0.6) is 5.75 Å². The lowest BCUT2D eigenvalue weighted by Gasteiger charge is -2.34. The Labute approximate surface area is 176 Å². The summed E-state index contributed by atoms with van der Waals surface area (Å²) in [5.74, 6) is -0.0363. The van der Waals surface area contributed by atoms with Crippen molar-refractivity contribution in [1.82, 2.24) is 0 Å². The molecule has 0 radical (unpaired) electrons. The van der Waals surface area contributed by atoms with Crippen LogP contribution in [0.4, 0.5) is 11.4 Å². The third-order valence-corrected chi connectivity index (χ3v) is 6.81. The van der Waals surface area contributed by atoms with Gasteiger partial charge in [-0.3, -0.25) is 9.10 Å². The molecule has 3 aromatic carbocycles. The number of carbonyl (C=O) groups excluding carboxylic acids is 1. The van der Waals surface area contributed by atoms with Gasteiger partial charge in [-0.05, 0) is 42.3 Å². The van der Waals surface area contributed by atoms with E-state index in [1.54, 1.807) is 54.6 Å². The molecule has 0 aliphatic carbocycles. The molecule has 0 saturated carbocycles. The van der Waals surface area contributed by atoms with Gasteiger partial charge in [0.05, 0.1) is 17.1 Å². The summed E-state index contributed by atoms with van der Waals surface area (Å²) in [5, 5.41) is 2.89. The van der Waals surface area contributed by atoms with Crippen LogP contribution >= 0.6 is 0 Å². The van der Waals surface area contributed by atoms with Crippen molar-refractivity contribution in [3.05, 3.63) is 84.4 Å². The predicted molar refractivity (Wildman–Crippen MR) is 116 cm³/mol. The molecule has 1 amide bonds. The maximum absolute atomic E-state index is 13.3. The number of hydrogen-bond acceptors (Lipinski definition) is 4. The molecule has 1 aliphatic rings. The van der Waals surface area contributed by atoms with Crippen LogP contribution < -0.4 is 14.4 Å². The normalized spacial score (nSPS) is 15.8. The van der Waals surface area contributed by atoms with Gasteiger partial charge in [-0.25, -0.2) is 8.42 Å². The predicted octanol–water partition coefficient (Wildman–Crippen LogP) is 3.84. The topological polar surface area (TPSA) is 75.7 Å². The molecular formula is C23H22N2O4S. The van der Waals surface area contributed by atoms with Crippen molar-refractivity contribution in [1.29, 1.82) is 0 Å². The molecule has 7 heteroatoms. The lowest BCUT2D eigenvalue weighted by atomic mass is 10.1. The Bertz CT molecular complexity index is 1160. The van der Waals surface area contributed by atoms with Crippen molar-refractivity contribution < 1.29 is 17.9 Å². The minimum atomic E-state index is -3.85. The Morgan fingerprint density at radius 3 is 2.43 bits per heavy atom. The van der Waals surface area contributed by atoms with Gasteiger partial charge in [0.2, 0.25) is 0 Å². The lowest BCUT2D eigenvalue weighted by Crippen LogP contribution is -2.48. The fraction of sp³-hybridized carbons (Fsp3) is 0.174. The molecule has 1 aliphatic heterocycles. The van der Waals surface area contributed by atoms with Gasteiger partial charge in [-0.2, -0.15) is 0 Å². The van der Waals surface area contributed by atoms with Crippen LogP contribution in [0.2, 0.25) is 0 Å². The SMILES string of the molecule is CCc1ccccc1NC(=O)[C@H]1CN(S(=O)(=O)c2ccccc2)c2ccccc2O1. The van der Waals surface area contributed by atoms with Gasteiger partial charge in [0.1, 0.15) is 5.75 Å². The third-order valence-electron chi connectivity index (χ3n) is 5.01. The summed E-state index contributed by atoms with van der Waals surface area (Å²) < 4.78 is 33.8. The average Bonchev–Trinajstić information content (AvgIpc) is 2.79. The molecule has 0 unspecified atom stereocenters. The van der Waals surface area contributed by atoms with Gasteiger partial charge in [0.15, 0.2) is 6.10 Å². The largest absolute Gasteiger partial charge is 0.476 e. The number of anilines is 2. The van der Waals surface area contributed by atoms with Crippen LogP contribution in [0.15, 0.2) is 83.8 Å². The maximum Gasteiger partial charge on any atom is 0.267 e. The van der Waals surface area contributed by atoms with E-state index in [4.69, 9.17) is 4.74 Å². The summed E-state index contributed by atoms with van der Waals surface area (Å²) in [5.41, 5.74) is 2.11. The number of rotatable bonds is 5. The Morgan fingerprint density at radius 2 is 1.67 bits per heavy atom. The first-order valence-corrected chi connectivity index (χ1v) is 11.2. The summed E-state index contributed by atoms with van der Waals surface area (Å²) in [6, 6.07) is 22.5. The second kappa shape index (κ2) is 8.20. The zero-order valence-electron chi connectivity index (χ0n) is 16.5. The van der Waals surface area contributed by atoms with Gasteiger partial charge in [-0.1, -0.05) is 55.5 Å². The molecule has 1 N–H and O–H groups in total. The molecule has 1 heterocycles. The molecule has 30 heavy (non-hydrogen) atoms. The van der Waals surface area contributed by atoms with Crippen LogP contribution in [0.1, 0.15) is 12.5 Å². The summed E-state index contributed by atoms with van der Waals surface area (Å²) in [7, 11) is -3.85. The quantitative estimate of drug-likeness (QED) is 0.678. The van der Waals surface area contributed by atoms with Gasteiger partial charge in [-0.15, -0.1) is 0 Å². The number of nitrogens with zero attached hydrogens (tertiary/aromatic N) is 1. The van der Waals surface area contributed by atoms with Crippen molar-refractivity contribution >= 4 is 27.3 Å². The molecule has 154 valence electrons. The van der Waals surface area contributed by atoms with Crippen LogP contribution in [0, 0.1) is 0 Å². The van der Waals surface area contributed by atoms with Crippen LogP contribution in [0.25, 0.3) is 0 Å². The zero-order chi connectivity index (χ0) is 21.1. The van der Waals surface area contributed by atoms with Gasteiger partial charge in [0, 0.05) is 5.69 Å². The maximum atomic E-state index is 13.3. The number of carbonyl (C=O) groups is 1. The summed E-state index contributed by atoms with van der Waals surface area (Å²) in [6.45, 7) is 1.89. The highest BCUT2D eigenvalue weighted by molar-refractivity contribution is 7.92. The van der Waals surface area contributed by atoms with Crippen molar-refractivity contribution in [2.24, 2.45) is 0 Å². The Hall–Kier alpha value is -3.32. The molecule has 0 bridgehead atoms. The van der Waals surface area contributed by atoms with Crippen LogP contribution in [-0.4, -0.2) is 27.0 Å². The highest BCUT2D eigenvalue weighted by Gasteiger charge is 2.37. The first-order valence-electron chi connectivity index (χ1n) is 9.73. The van der Waals surface area contributed by atoms with Crippen LogP contribution in [0.3, 0.4) is 0 Å². The highest BCUT2D eigenvalue weighted by atomic mass is 32.2. The molecular weight excluding hydrogens is 400 g/mol.